The highest BCUT2D eigenvalue weighted by molar-refractivity contribution is 7.99. The lowest BCUT2D eigenvalue weighted by Gasteiger charge is -2.18. The highest BCUT2D eigenvalue weighted by atomic mass is 32.2. The van der Waals surface area contributed by atoms with Crippen molar-refractivity contribution >= 4 is 39.3 Å². The van der Waals surface area contributed by atoms with E-state index < -0.39 is 27.7 Å². The van der Waals surface area contributed by atoms with Crippen LogP contribution in [-0.2, 0) is 21.4 Å². The van der Waals surface area contributed by atoms with Crippen molar-refractivity contribution in [1.29, 1.82) is 0 Å². The third-order valence-electron chi connectivity index (χ3n) is 6.06. The minimum absolute atomic E-state index is 0.0161. The number of amides is 2. The molecule has 4 aromatic rings. The molecule has 214 valence electrons. The quantitative estimate of drug-likeness (QED) is 0.236. The molecule has 0 aliphatic heterocycles. The fourth-order valence-corrected chi connectivity index (χ4v) is 6.20. The van der Waals surface area contributed by atoms with E-state index in [0.29, 0.717) is 24.1 Å². The summed E-state index contributed by atoms with van der Waals surface area (Å²) in [7, 11) is -3.63. The van der Waals surface area contributed by atoms with Gasteiger partial charge in [-0.25, -0.2) is 12.8 Å². The van der Waals surface area contributed by atoms with Crippen LogP contribution in [0, 0.1) is 5.82 Å². The van der Waals surface area contributed by atoms with Gasteiger partial charge in [0.15, 0.2) is 11.0 Å². The predicted molar refractivity (Wildman–Crippen MR) is 155 cm³/mol. The van der Waals surface area contributed by atoms with Crippen molar-refractivity contribution in [3.05, 3.63) is 96.1 Å². The number of aromatic nitrogens is 3. The van der Waals surface area contributed by atoms with Crippen molar-refractivity contribution in [2.24, 2.45) is 0 Å². The molecule has 0 aliphatic carbocycles. The molecular formula is C28H29FN6O4S2. The summed E-state index contributed by atoms with van der Waals surface area (Å²) in [6.45, 7) is 4.24. The number of nitrogens with one attached hydrogen (secondary N) is 2. The molecule has 13 heteroatoms. The average molecular weight is 597 g/mol. The number of benzene rings is 3. The third-order valence-corrected chi connectivity index (χ3v) is 9.05. The minimum Gasteiger partial charge on any atom is -0.345 e. The van der Waals surface area contributed by atoms with Crippen LogP contribution in [0.3, 0.4) is 0 Å². The molecule has 4 rings (SSSR count). The highest BCUT2D eigenvalue weighted by Gasteiger charge is 2.22. The van der Waals surface area contributed by atoms with Crippen molar-refractivity contribution < 1.29 is 22.4 Å². The monoisotopic (exact) mass is 596 g/mol. The Labute approximate surface area is 242 Å². The molecule has 2 amide bonds. The fourth-order valence-electron chi connectivity index (χ4n) is 3.98. The van der Waals surface area contributed by atoms with E-state index in [1.807, 2.05) is 30.3 Å². The van der Waals surface area contributed by atoms with E-state index in [9.17, 15) is 22.4 Å². The zero-order chi connectivity index (χ0) is 29.4. The summed E-state index contributed by atoms with van der Waals surface area (Å²) in [5, 5.41) is 14.2. The van der Waals surface area contributed by atoms with Crippen LogP contribution >= 0.6 is 11.8 Å². The van der Waals surface area contributed by atoms with E-state index in [1.165, 1.54) is 46.8 Å². The van der Waals surface area contributed by atoms with Crippen LogP contribution in [0.2, 0.25) is 0 Å². The molecule has 0 bridgehead atoms. The largest absolute Gasteiger partial charge is 0.345 e. The second kappa shape index (κ2) is 13.5. The fraction of sp³-hybridized carbons (Fsp3) is 0.214. The van der Waals surface area contributed by atoms with Gasteiger partial charge in [-0.1, -0.05) is 55.9 Å². The number of carbonyl (C=O) groups is 2. The van der Waals surface area contributed by atoms with Crippen LogP contribution < -0.4 is 10.6 Å². The van der Waals surface area contributed by atoms with Crippen molar-refractivity contribution in [3.8, 4) is 5.69 Å². The maximum Gasteiger partial charge on any atom is 0.251 e. The van der Waals surface area contributed by atoms with Gasteiger partial charge in [0.1, 0.15) is 5.82 Å². The van der Waals surface area contributed by atoms with Gasteiger partial charge in [0.05, 0.1) is 22.9 Å². The van der Waals surface area contributed by atoms with Crippen LogP contribution in [0.4, 0.5) is 10.1 Å². The van der Waals surface area contributed by atoms with E-state index in [-0.39, 0.29) is 28.4 Å². The minimum atomic E-state index is -3.63. The Morgan fingerprint density at radius 3 is 2.24 bits per heavy atom. The first-order valence-corrected chi connectivity index (χ1v) is 15.2. The topological polar surface area (TPSA) is 126 Å². The Balaban J connectivity index is 1.46. The first-order valence-electron chi connectivity index (χ1n) is 12.8. The molecule has 10 nitrogen and oxygen atoms in total. The zero-order valence-corrected chi connectivity index (χ0v) is 24.1. The van der Waals surface area contributed by atoms with Gasteiger partial charge in [-0.2, -0.15) is 4.31 Å². The normalized spacial score (nSPS) is 11.4. The van der Waals surface area contributed by atoms with E-state index in [2.05, 4.69) is 20.8 Å². The van der Waals surface area contributed by atoms with Gasteiger partial charge in [0.2, 0.25) is 15.9 Å². The number of para-hydroxylation sites is 2. The lowest BCUT2D eigenvalue weighted by molar-refractivity contribution is -0.113. The lowest BCUT2D eigenvalue weighted by atomic mass is 10.2. The number of anilines is 1. The van der Waals surface area contributed by atoms with Crippen LogP contribution in [0.5, 0.6) is 0 Å². The summed E-state index contributed by atoms with van der Waals surface area (Å²) >= 11 is 1.12. The van der Waals surface area contributed by atoms with E-state index >= 15 is 0 Å². The number of nitrogens with zero attached hydrogens (tertiary/aromatic N) is 4. The van der Waals surface area contributed by atoms with Gasteiger partial charge in [0.25, 0.3) is 5.91 Å². The number of hydrogen-bond acceptors (Lipinski definition) is 7. The summed E-state index contributed by atoms with van der Waals surface area (Å²) in [6, 6.07) is 20.9. The maximum absolute atomic E-state index is 13.9. The molecule has 0 saturated heterocycles. The molecule has 0 fully saturated rings. The number of rotatable bonds is 12. The molecule has 0 atom stereocenters. The molecule has 0 saturated carbocycles. The molecule has 2 N–H and O–H groups in total. The van der Waals surface area contributed by atoms with Crippen LogP contribution in [0.25, 0.3) is 5.69 Å². The number of carbonyl (C=O) groups excluding carboxylic acids is 2. The van der Waals surface area contributed by atoms with Crippen LogP contribution in [0.1, 0.15) is 30.0 Å². The number of halogens is 1. The molecule has 3 aromatic carbocycles. The van der Waals surface area contributed by atoms with Gasteiger partial charge in [0, 0.05) is 24.3 Å². The van der Waals surface area contributed by atoms with Gasteiger partial charge in [-0.3, -0.25) is 14.2 Å². The van der Waals surface area contributed by atoms with Gasteiger partial charge >= 0.3 is 0 Å². The molecule has 41 heavy (non-hydrogen) atoms. The van der Waals surface area contributed by atoms with Crippen molar-refractivity contribution in [1.82, 2.24) is 24.4 Å². The molecule has 0 aliphatic rings. The van der Waals surface area contributed by atoms with E-state index in [0.717, 1.165) is 17.4 Å². The molecule has 0 spiro atoms. The second-order valence-corrected chi connectivity index (χ2v) is 11.6. The molecule has 1 heterocycles. The van der Waals surface area contributed by atoms with Crippen LogP contribution in [0.15, 0.2) is 88.9 Å². The van der Waals surface area contributed by atoms with Gasteiger partial charge in [-0.05, 0) is 48.5 Å². The Kier molecular flexibility index (Phi) is 9.86. The number of thioether (sulfide) groups is 1. The Morgan fingerprint density at radius 2 is 1.59 bits per heavy atom. The summed E-state index contributed by atoms with van der Waals surface area (Å²) < 4.78 is 42.4. The summed E-state index contributed by atoms with van der Waals surface area (Å²) in [4.78, 5) is 25.5. The lowest BCUT2D eigenvalue weighted by Crippen LogP contribution is -2.30. The summed E-state index contributed by atoms with van der Waals surface area (Å²) in [5.41, 5.74) is 1.10. The Morgan fingerprint density at radius 1 is 0.927 bits per heavy atom. The van der Waals surface area contributed by atoms with Crippen LogP contribution in [-0.4, -0.2) is 58.1 Å². The van der Waals surface area contributed by atoms with E-state index in [1.54, 1.807) is 24.5 Å². The molecular weight excluding hydrogens is 567 g/mol. The number of hydrogen-bond donors (Lipinski definition) is 2. The first-order chi connectivity index (χ1) is 19.7. The highest BCUT2D eigenvalue weighted by Crippen LogP contribution is 2.23. The molecule has 0 radical (unpaired) electrons. The first kappa shape index (κ1) is 29.9. The third kappa shape index (κ3) is 7.17. The molecule has 1 aromatic heterocycles. The molecule has 0 unspecified atom stereocenters. The standard InChI is InChI=1S/C28H29FN6O4S2/c1-3-34(4-2)41(38,39)22-16-14-20(15-17-22)27(37)30-18-25-32-33-28(35(25)21-10-6-5-7-11-21)40-19-26(36)31-24-13-9-8-12-23(24)29/h5-17H,3-4,18-19H2,1-2H3,(H,30,37)(H,31,36). The van der Waals surface area contributed by atoms with Gasteiger partial charge in [-0.15, -0.1) is 10.2 Å². The zero-order valence-electron chi connectivity index (χ0n) is 22.5. The number of sulfonamides is 1. The average Bonchev–Trinajstić information content (AvgIpc) is 3.39. The Hall–Kier alpha value is -4.07. The summed E-state index contributed by atoms with van der Waals surface area (Å²) in [6.07, 6.45) is 0. The predicted octanol–water partition coefficient (Wildman–Crippen LogP) is 4.10. The maximum atomic E-state index is 13.9. The van der Waals surface area contributed by atoms with Crippen molar-refractivity contribution in [2.45, 2.75) is 30.4 Å². The van der Waals surface area contributed by atoms with Crippen molar-refractivity contribution in [2.75, 3.05) is 24.2 Å². The second-order valence-electron chi connectivity index (χ2n) is 8.68. The Bertz CT molecular complexity index is 1610. The SMILES string of the molecule is CCN(CC)S(=O)(=O)c1ccc(C(=O)NCc2nnc(SCC(=O)Nc3ccccc3F)n2-c2ccccc2)cc1. The van der Waals surface area contributed by atoms with Crippen molar-refractivity contribution in [3.63, 3.8) is 0 Å². The summed E-state index contributed by atoms with van der Waals surface area (Å²) in [5.74, 6) is -0.991. The van der Waals surface area contributed by atoms with E-state index in [4.69, 9.17) is 0 Å². The smallest absolute Gasteiger partial charge is 0.251 e. The van der Waals surface area contributed by atoms with Gasteiger partial charge < -0.3 is 10.6 Å².